The van der Waals surface area contributed by atoms with Gasteiger partial charge in [-0.25, -0.2) is 4.98 Å². The predicted octanol–water partition coefficient (Wildman–Crippen LogP) is 3.66. The largest absolute Gasteiger partial charge is 0.378 e. The number of nitrogens with one attached hydrogen (secondary N) is 2. The van der Waals surface area contributed by atoms with Crippen molar-refractivity contribution in [2.75, 3.05) is 36.5 Å². The number of carbonyl (C=O) groups excluding carboxylic acids is 1. The van der Waals surface area contributed by atoms with Gasteiger partial charge in [-0.3, -0.25) is 10.1 Å². The number of nitrogens with zero attached hydrogens (tertiary/aromatic N) is 2. The molecule has 0 unspecified atom stereocenters. The van der Waals surface area contributed by atoms with E-state index in [4.69, 9.17) is 17.0 Å². The summed E-state index contributed by atoms with van der Waals surface area (Å²) in [6.45, 7) is 3.28. The summed E-state index contributed by atoms with van der Waals surface area (Å²) in [4.78, 5) is 18.9. The van der Waals surface area contributed by atoms with Crippen molar-refractivity contribution in [3.05, 3.63) is 60.2 Å². The standard InChI is InChI=1S/C21H20N4O2S2/c26-19(9-6-15-4-2-1-3-5-15)23-20(28)24-21-22-17-8-7-16(14-18(17)29-21)25-10-12-27-13-11-25/h1-9,14H,10-13H2,(H2,22,23,24,26,28)/b9-6+. The second kappa shape index (κ2) is 9.13. The normalized spacial score (nSPS) is 14.3. The lowest BCUT2D eigenvalue weighted by molar-refractivity contribution is -0.115. The highest BCUT2D eigenvalue weighted by Crippen LogP contribution is 2.30. The van der Waals surface area contributed by atoms with E-state index >= 15 is 0 Å². The van der Waals surface area contributed by atoms with E-state index in [0.717, 1.165) is 47.8 Å². The highest BCUT2D eigenvalue weighted by molar-refractivity contribution is 7.80. The number of ether oxygens (including phenoxy) is 1. The summed E-state index contributed by atoms with van der Waals surface area (Å²) < 4.78 is 6.48. The van der Waals surface area contributed by atoms with Crippen molar-refractivity contribution in [2.45, 2.75) is 0 Å². The van der Waals surface area contributed by atoms with Gasteiger partial charge in [-0.05, 0) is 42.1 Å². The van der Waals surface area contributed by atoms with E-state index in [1.807, 2.05) is 36.4 Å². The molecule has 8 heteroatoms. The van der Waals surface area contributed by atoms with Crippen molar-refractivity contribution in [3.8, 4) is 0 Å². The summed E-state index contributed by atoms with van der Waals surface area (Å²) in [6.07, 6.45) is 3.19. The molecule has 2 aromatic carbocycles. The molecule has 4 rings (SSSR count). The van der Waals surface area contributed by atoms with Crippen LogP contribution in [0.25, 0.3) is 16.3 Å². The van der Waals surface area contributed by atoms with E-state index in [1.54, 1.807) is 6.08 Å². The van der Waals surface area contributed by atoms with Crippen LogP contribution in [0.2, 0.25) is 0 Å². The Bertz CT molecular complexity index is 1040. The molecule has 0 atom stereocenters. The van der Waals surface area contributed by atoms with E-state index in [1.165, 1.54) is 17.4 Å². The van der Waals surface area contributed by atoms with Gasteiger partial charge in [-0.2, -0.15) is 0 Å². The van der Waals surface area contributed by atoms with Gasteiger partial charge in [0.15, 0.2) is 10.2 Å². The van der Waals surface area contributed by atoms with Crippen molar-refractivity contribution in [3.63, 3.8) is 0 Å². The Morgan fingerprint density at radius 3 is 2.76 bits per heavy atom. The molecule has 3 aromatic rings. The zero-order chi connectivity index (χ0) is 20.1. The van der Waals surface area contributed by atoms with Gasteiger partial charge in [0, 0.05) is 24.9 Å². The summed E-state index contributed by atoms with van der Waals surface area (Å²) in [7, 11) is 0. The Hall–Kier alpha value is -2.81. The molecule has 1 aliphatic heterocycles. The van der Waals surface area contributed by atoms with Crippen LogP contribution in [0.4, 0.5) is 10.8 Å². The number of thiazole rings is 1. The molecule has 1 fully saturated rings. The van der Waals surface area contributed by atoms with Crippen LogP contribution in [0.5, 0.6) is 0 Å². The molecular formula is C21H20N4O2S2. The first-order valence-corrected chi connectivity index (χ1v) is 10.5. The number of hydrogen-bond acceptors (Lipinski definition) is 6. The maximum atomic E-state index is 12.1. The number of anilines is 2. The summed E-state index contributed by atoms with van der Waals surface area (Å²) in [5.41, 5.74) is 3.01. The molecule has 29 heavy (non-hydrogen) atoms. The fourth-order valence-corrected chi connectivity index (χ4v) is 4.17. The van der Waals surface area contributed by atoms with Crippen LogP contribution in [0.1, 0.15) is 5.56 Å². The van der Waals surface area contributed by atoms with Crippen molar-refractivity contribution >= 4 is 61.7 Å². The van der Waals surface area contributed by atoms with Crippen LogP contribution in [0.3, 0.4) is 0 Å². The van der Waals surface area contributed by atoms with Crippen LogP contribution in [0.15, 0.2) is 54.6 Å². The van der Waals surface area contributed by atoms with Gasteiger partial charge >= 0.3 is 0 Å². The monoisotopic (exact) mass is 424 g/mol. The molecule has 2 N–H and O–H groups in total. The van der Waals surface area contributed by atoms with Gasteiger partial charge in [0.05, 0.1) is 23.4 Å². The molecule has 1 aromatic heterocycles. The molecule has 0 saturated carbocycles. The van der Waals surface area contributed by atoms with E-state index in [2.05, 4.69) is 32.7 Å². The third-order valence-electron chi connectivity index (χ3n) is 4.43. The minimum Gasteiger partial charge on any atom is -0.378 e. The van der Waals surface area contributed by atoms with Crippen molar-refractivity contribution in [2.24, 2.45) is 0 Å². The fourth-order valence-electron chi connectivity index (χ4n) is 3.00. The van der Waals surface area contributed by atoms with Crippen LogP contribution < -0.4 is 15.5 Å². The first-order valence-electron chi connectivity index (χ1n) is 9.26. The predicted molar refractivity (Wildman–Crippen MR) is 122 cm³/mol. The minimum absolute atomic E-state index is 0.222. The van der Waals surface area contributed by atoms with Crippen molar-refractivity contribution < 1.29 is 9.53 Å². The Kier molecular flexibility index (Phi) is 6.14. The molecule has 6 nitrogen and oxygen atoms in total. The Balaban J connectivity index is 1.37. The van der Waals surface area contributed by atoms with Gasteiger partial charge in [-0.1, -0.05) is 41.7 Å². The van der Waals surface area contributed by atoms with Crippen LogP contribution in [-0.2, 0) is 9.53 Å². The SMILES string of the molecule is O=C(/C=C/c1ccccc1)NC(=S)Nc1nc2ccc(N3CCOCC3)cc2s1. The highest BCUT2D eigenvalue weighted by atomic mass is 32.1. The second-order valence-corrected chi connectivity index (χ2v) is 7.90. The number of thiocarbonyl (C=S) groups is 1. The Labute approximate surface area is 178 Å². The molecule has 1 aliphatic rings. The number of fused-ring (bicyclic) bond motifs is 1. The molecule has 148 valence electrons. The summed E-state index contributed by atoms with van der Waals surface area (Å²) >= 11 is 6.75. The van der Waals surface area contributed by atoms with Gasteiger partial charge in [0.1, 0.15) is 0 Å². The Morgan fingerprint density at radius 2 is 1.97 bits per heavy atom. The number of rotatable bonds is 4. The molecule has 1 amide bonds. The summed E-state index contributed by atoms with van der Waals surface area (Å²) in [5, 5.41) is 6.52. The minimum atomic E-state index is -0.290. The number of aromatic nitrogens is 1. The van der Waals surface area contributed by atoms with Crippen molar-refractivity contribution in [1.82, 2.24) is 10.3 Å². The zero-order valence-corrected chi connectivity index (χ0v) is 17.3. The van der Waals surface area contributed by atoms with Crippen LogP contribution in [0, 0.1) is 0 Å². The lowest BCUT2D eigenvalue weighted by Crippen LogP contribution is -2.36. The quantitative estimate of drug-likeness (QED) is 0.492. The van der Waals surface area contributed by atoms with Crippen molar-refractivity contribution in [1.29, 1.82) is 0 Å². The second-order valence-electron chi connectivity index (χ2n) is 6.46. The maximum Gasteiger partial charge on any atom is 0.250 e. The van der Waals surface area contributed by atoms with Gasteiger partial charge in [-0.15, -0.1) is 0 Å². The molecule has 2 heterocycles. The number of carbonyl (C=O) groups is 1. The maximum absolute atomic E-state index is 12.1. The van der Waals surface area contributed by atoms with E-state index in [0.29, 0.717) is 5.13 Å². The van der Waals surface area contributed by atoms with Gasteiger partial charge in [0.2, 0.25) is 5.91 Å². The van der Waals surface area contributed by atoms with E-state index in [9.17, 15) is 4.79 Å². The zero-order valence-electron chi connectivity index (χ0n) is 15.6. The van der Waals surface area contributed by atoms with Crippen LogP contribution >= 0.6 is 23.6 Å². The van der Waals surface area contributed by atoms with Gasteiger partial charge < -0.3 is 15.0 Å². The smallest absolute Gasteiger partial charge is 0.250 e. The molecule has 0 spiro atoms. The summed E-state index contributed by atoms with van der Waals surface area (Å²) in [5.74, 6) is -0.290. The lowest BCUT2D eigenvalue weighted by atomic mass is 10.2. The molecule has 1 saturated heterocycles. The van der Waals surface area contributed by atoms with E-state index < -0.39 is 0 Å². The number of morpholine rings is 1. The van der Waals surface area contributed by atoms with E-state index in [-0.39, 0.29) is 11.0 Å². The third kappa shape index (κ3) is 5.17. The fraction of sp³-hybridized carbons (Fsp3) is 0.190. The Morgan fingerprint density at radius 1 is 1.17 bits per heavy atom. The average Bonchev–Trinajstić information content (AvgIpc) is 3.14. The number of hydrogen-bond donors (Lipinski definition) is 2. The first-order chi connectivity index (χ1) is 14.2. The molecule has 0 radical (unpaired) electrons. The molecular weight excluding hydrogens is 404 g/mol. The van der Waals surface area contributed by atoms with Crippen LogP contribution in [-0.4, -0.2) is 42.3 Å². The summed E-state index contributed by atoms with van der Waals surface area (Å²) in [6, 6.07) is 15.8. The number of benzene rings is 2. The molecule has 0 aliphatic carbocycles. The molecule has 0 bridgehead atoms. The average molecular weight is 425 g/mol. The first kappa shape index (κ1) is 19.5. The topological polar surface area (TPSA) is 66.5 Å². The lowest BCUT2D eigenvalue weighted by Gasteiger charge is -2.28. The number of amides is 1. The third-order valence-corrected chi connectivity index (χ3v) is 5.57. The highest BCUT2D eigenvalue weighted by Gasteiger charge is 2.13. The van der Waals surface area contributed by atoms with Gasteiger partial charge in [0.25, 0.3) is 0 Å².